The molecule has 1 aromatic carbocycles. The van der Waals surface area contributed by atoms with Crippen LogP contribution >= 0.6 is 0 Å². The van der Waals surface area contributed by atoms with Crippen molar-refractivity contribution in [2.75, 3.05) is 32.1 Å². The number of ether oxygens (including phenoxy) is 1. The fraction of sp³-hybridized carbons (Fsp3) is 0.594. The van der Waals surface area contributed by atoms with Gasteiger partial charge >= 0.3 is 12.1 Å². The second-order valence-electron chi connectivity index (χ2n) is 12.0. The number of ketones is 1. The van der Waals surface area contributed by atoms with Crippen LogP contribution in [-0.2, 0) is 19.1 Å². The summed E-state index contributed by atoms with van der Waals surface area (Å²) in [7, 11) is 3.78. The van der Waals surface area contributed by atoms with E-state index in [-0.39, 0.29) is 17.6 Å². The highest BCUT2D eigenvalue weighted by Crippen LogP contribution is 2.45. The molecule has 3 N–H and O–H groups in total. The van der Waals surface area contributed by atoms with Crippen LogP contribution in [0.5, 0.6) is 0 Å². The van der Waals surface area contributed by atoms with Crippen LogP contribution in [0.4, 0.5) is 10.5 Å². The maximum absolute atomic E-state index is 13.2. The highest BCUT2D eigenvalue weighted by molar-refractivity contribution is 6.01. The molecule has 3 amide bonds. The lowest BCUT2D eigenvalue weighted by molar-refractivity contribution is -0.145. The second-order valence-corrected chi connectivity index (χ2v) is 12.0. The zero-order valence-electron chi connectivity index (χ0n) is 25.9. The first-order chi connectivity index (χ1) is 20.4. The molecule has 1 saturated carbocycles. The lowest BCUT2D eigenvalue weighted by atomic mass is 9.97. The highest BCUT2D eigenvalue weighted by Gasteiger charge is 2.61. The standard InChI is InChI=1S/C32H46N4O7/c1-6-7-8-9-10-12-23-19-32(23,30(40)41)34-29(39)25-13-11-18-36(25)26(37)20-33-31(42)43-28(21(2)3)27(38)22-14-16-24(17-15-22)35(4)5/h10,12,14-17,21,23,25,28H,6-9,11,13,18-20H2,1-5H3,(H,33,42)(H,34,39)(H,40,41)/b12-10-/t23?,25-,28-,32+/m0/s1. The van der Waals surface area contributed by atoms with Gasteiger partial charge in [0.25, 0.3) is 0 Å². The van der Waals surface area contributed by atoms with E-state index < -0.39 is 48.1 Å². The molecular weight excluding hydrogens is 552 g/mol. The quantitative estimate of drug-likeness (QED) is 0.157. The summed E-state index contributed by atoms with van der Waals surface area (Å²) in [5.74, 6) is -3.04. The van der Waals surface area contributed by atoms with Crippen molar-refractivity contribution in [2.24, 2.45) is 11.8 Å². The topological polar surface area (TPSA) is 145 Å². The predicted molar refractivity (Wildman–Crippen MR) is 163 cm³/mol. The number of nitrogens with one attached hydrogen (secondary N) is 2. The smallest absolute Gasteiger partial charge is 0.408 e. The van der Waals surface area contributed by atoms with E-state index in [9.17, 15) is 29.1 Å². The van der Waals surface area contributed by atoms with Gasteiger partial charge in [0.15, 0.2) is 6.10 Å². The Kier molecular flexibility index (Phi) is 11.7. The largest absolute Gasteiger partial charge is 0.479 e. The van der Waals surface area contributed by atoms with E-state index in [1.807, 2.05) is 31.1 Å². The van der Waals surface area contributed by atoms with Crippen LogP contribution in [0.1, 0.15) is 76.1 Å². The van der Waals surface area contributed by atoms with Gasteiger partial charge in [-0.15, -0.1) is 0 Å². The minimum Gasteiger partial charge on any atom is -0.479 e. The number of carbonyl (C=O) groups excluding carboxylic acids is 4. The fourth-order valence-corrected chi connectivity index (χ4v) is 5.36. The van der Waals surface area contributed by atoms with Crippen molar-refractivity contribution in [3.05, 3.63) is 42.0 Å². The fourth-order valence-electron chi connectivity index (χ4n) is 5.36. The maximum Gasteiger partial charge on any atom is 0.408 e. The summed E-state index contributed by atoms with van der Waals surface area (Å²) in [5, 5.41) is 15.0. The van der Waals surface area contributed by atoms with Gasteiger partial charge in [0.2, 0.25) is 17.6 Å². The third-order valence-corrected chi connectivity index (χ3v) is 8.11. The highest BCUT2D eigenvalue weighted by atomic mass is 16.6. The number of hydrogen-bond acceptors (Lipinski definition) is 7. The zero-order chi connectivity index (χ0) is 31.7. The first-order valence-corrected chi connectivity index (χ1v) is 15.2. The number of allylic oxidation sites excluding steroid dienone is 1. The molecule has 0 spiro atoms. The Labute approximate surface area is 254 Å². The normalized spacial score (nSPS) is 21.9. The summed E-state index contributed by atoms with van der Waals surface area (Å²) in [4.78, 5) is 67.2. The summed E-state index contributed by atoms with van der Waals surface area (Å²) >= 11 is 0. The Bertz CT molecular complexity index is 1200. The third-order valence-electron chi connectivity index (χ3n) is 8.11. The molecule has 1 saturated heterocycles. The predicted octanol–water partition coefficient (Wildman–Crippen LogP) is 3.77. The van der Waals surface area contributed by atoms with Crippen LogP contribution in [0.15, 0.2) is 36.4 Å². The molecule has 0 aromatic heterocycles. The number of hydrogen-bond donors (Lipinski definition) is 3. The Morgan fingerprint density at radius 3 is 2.44 bits per heavy atom. The van der Waals surface area contributed by atoms with Gasteiger partial charge in [0, 0.05) is 37.8 Å². The number of likely N-dealkylation sites (tertiary alicyclic amines) is 1. The summed E-state index contributed by atoms with van der Waals surface area (Å²) < 4.78 is 5.43. The van der Waals surface area contributed by atoms with Crippen LogP contribution in [0.25, 0.3) is 0 Å². The van der Waals surface area contributed by atoms with Crippen molar-refractivity contribution in [3.63, 3.8) is 0 Å². The van der Waals surface area contributed by atoms with Gasteiger partial charge in [0.1, 0.15) is 18.1 Å². The van der Waals surface area contributed by atoms with Crippen LogP contribution < -0.4 is 15.5 Å². The summed E-state index contributed by atoms with van der Waals surface area (Å²) in [6.45, 7) is 5.53. The van der Waals surface area contributed by atoms with Gasteiger partial charge < -0.3 is 30.3 Å². The molecule has 0 radical (unpaired) electrons. The van der Waals surface area contributed by atoms with Gasteiger partial charge in [-0.05, 0) is 62.3 Å². The number of carbonyl (C=O) groups is 5. The molecule has 1 unspecified atom stereocenters. The van der Waals surface area contributed by atoms with E-state index in [0.29, 0.717) is 31.4 Å². The molecule has 11 heteroatoms. The number of benzene rings is 1. The van der Waals surface area contributed by atoms with Crippen LogP contribution in [0, 0.1) is 11.8 Å². The molecular formula is C32H46N4O7. The van der Waals surface area contributed by atoms with Crippen molar-refractivity contribution < 1.29 is 33.8 Å². The van der Waals surface area contributed by atoms with Crippen LogP contribution in [0.3, 0.4) is 0 Å². The van der Waals surface area contributed by atoms with E-state index in [1.165, 1.54) is 4.90 Å². The number of carboxylic acids is 1. The molecule has 1 aliphatic carbocycles. The van der Waals surface area contributed by atoms with Crippen molar-refractivity contribution >= 4 is 35.3 Å². The molecule has 2 fully saturated rings. The number of alkyl carbamates (subject to hydrolysis) is 1. The van der Waals surface area contributed by atoms with E-state index >= 15 is 0 Å². The van der Waals surface area contributed by atoms with Crippen molar-refractivity contribution in [1.82, 2.24) is 15.5 Å². The molecule has 2 aliphatic rings. The Morgan fingerprint density at radius 2 is 1.84 bits per heavy atom. The van der Waals surface area contributed by atoms with Gasteiger partial charge in [0.05, 0.1) is 0 Å². The number of amides is 3. The number of carboxylic acid groups (broad SMARTS) is 1. The summed E-state index contributed by atoms with van der Waals surface area (Å²) in [5.41, 5.74) is -0.0281. The number of Topliss-reactive ketones (excluding diaryl/α,β-unsaturated/α-hetero) is 1. The van der Waals surface area contributed by atoms with Crippen molar-refractivity contribution in [3.8, 4) is 0 Å². The lowest BCUT2D eigenvalue weighted by Crippen LogP contribution is -2.54. The Hall–Kier alpha value is -3.89. The third kappa shape index (κ3) is 8.58. The van der Waals surface area contributed by atoms with E-state index in [4.69, 9.17) is 4.74 Å². The zero-order valence-corrected chi connectivity index (χ0v) is 25.9. The van der Waals surface area contributed by atoms with Crippen molar-refractivity contribution in [2.45, 2.75) is 83.4 Å². The minimum atomic E-state index is -1.36. The molecule has 43 heavy (non-hydrogen) atoms. The van der Waals surface area contributed by atoms with Gasteiger partial charge in [-0.3, -0.25) is 14.4 Å². The maximum atomic E-state index is 13.2. The molecule has 4 atom stereocenters. The second kappa shape index (κ2) is 15.0. The Morgan fingerprint density at radius 1 is 1.14 bits per heavy atom. The van der Waals surface area contributed by atoms with Crippen molar-refractivity contribution in [1.29, 1.82) is 0 Å². The molecule has 11 nitrogen and oxygen atoms in total. The molecule has 3 rings (SSSR count). The van der Waals surface area contributed by atoms with E-state index in [2.05, 4.69) is 17.6 Å². The summed E-state index contributed by atoms with van der Waals surface area (Å²) in [6.07, 6.45) is 7.26. The first-order valence-electron chi connectivity index (χ1n) is 15.2. The van der Waals surface area contributed by atoms with Gasteiger partial charge in [-0.25, -0.2) is 9.59 Å². The molecule has 0 bridgehead atoms. The van der Waals surface area contributed by atoms with Gasteiger partial charge in [-0.1, -0.05) is 45.8 Å². The SMILES string of the molecule is CCCCC/C=C\C1C[C@]1(NC(=O)[C@@H]1CCCN1C(=O)CNC(=O)O[C@H](C(=O)c1ccc(N(C)C)cc1)C(C)C)C(=O)O. The van der Waals surface area contributed by atoms with E-state index in [0.717, 1.165) is 31.4 Å². The minimum absolute atomic E-state index is 0.292. The summed E-state index contributed by atoms with van der Waals surface area (Å²) in [6, 6.07) is 6.14. The van der Waals surface area contributed by atoms with Crippen LogP contribution in [0.2, 0.25) is 0 Å². The number of unbranched alkanes of at least 4 members (excludes halogenated alkanes) is 3. The molecule has 1 heterocycles. The average molecular weight is 599 g/mol. The van der Waals surface area contributed by atoms with Gasteiger partial charge in [-0.2, -0.15) is 0 Å². The Balaban J connectivity index is 1.54. The first kappa shape index (κ1) is 33.6. The molecule has 236 valence electrons. The molecule has 1 aliphatic heterocycles. The monoisotopic (exact) mass is 598 g/mol. The number of aliphatic carboxylic acids is 1. The lowest BCUT2D eigenvalue weighted by Gasteiger charge is -2.26. The van der Waals surface area contributed by atoms with E-state index in [1.54, 1.807) is 38.1 Å². The van der Waals surface area contributed by atoms with Crippen LogP contribution in [-0.4, -0.2) is 84.5 Å². The molecule has 1 aromatic rings. The number of nitrogens with zero attached hydrogens (tertiary/aromatic N) is 2. The average Bonchev–Trinajstić information content (AvgIpc) is 3.43. The number of rotatable bonds is 15. The number of anilines is 1.